The normalized spacial score (nSPS) is 26.0. The Balaban J connectivity index is 1.79. The van der Waals surface area contributed by atoms with E-state index in [1.807, 2.05) is 0 Å². The molecule has 1 aliphatic heterocycles. The van der Waals surface area contributed by atoms with Crippen LogP contribution in [0.3, 0.4) is 0 Å². The predicted molar refractivity (Wildman–Crippen MR) is 92.7 cm³/mol. The number of nitrogens with zero attached hydrogens (tertiary/aromatic N) is 1. The minimum absolute atomic E-state index is 0.223. The van der Waals surface area contributed by atoms with Crippen molar-refractivity contribution in [1.29, 1.82) is 0 Å². The zero-order valence-electron chi connectivity index (χ0n) is 13.6. The van der Waals surface area contributed by atoms with Gasteiger partial charge in [0.1, 0.15) is 0 Å². The van der Waals surface area contributed by atoms with E-state index < -0.39 is 0 Å². The van der Waals surface area contributed by atoms with Crippen molar-refractivity contribution in [2.24, 2.45) is 0 Å². The topological polar surface area (TPSA) is 15.3 Å². The zero-order valence-corrected chi connectivity index (χ0v) is 13.6. The maximum atomic E-state index is 3.75. The molecule has 116 valence electrons. The summed E-state index contributed by atoms with van der Waals surface area (Å²) in [6.07, 6.45) is 1.16. The van der Waals surface area contributed by atoms with E-state index in [9.17, 15) is 0 Å². The second-order valence-electron chi connectivity index (χ2n) is 6.56. The molecular weight excluding hydrogens is 268 g/mol. The van der Waals surface area contributed by atoms with Crippen LogP contribution >= 0.6 is 0 Å². The lowest BCUT2D eigenvalue weighted by Crippen LogP contribution is -2.59. The Labute approximate surface area is 134 Å². The molecule has 3 rings (SSSR count). The third-order valence-corrected chi connectivity index (χ3v) is 5.08. The Kier molecular flexibility index (Phi) is 4.60. The van der Waals surface area contributed by atoms with E-state index >= 15 is 0 Å². The maximum Gasteiger partial charge on any atom is 0.0450 e. The Morgan fingerprint density at radius 3 is 2.32 bits per heavy atom. The molecule has 1 heterocycles. The van der Waals surface area contributed by atoms with Crippen molar-refractivity contribution in [3.8, 4) is 0 Å². The number of nitrogens with one attached hydrogen (secondary N) is 1. The van der Waals surface area contributed by atoms with Gasteiger partial charge in [-0.3, -0.25) is 4.90 Å². The Morgan fingerprint density at radius 1 is 1.05 bits per heavy atom. The first-order valence-electron chi connectivity index (χ1n) is 8.28. The molecule has 0 radical (unpaired) electrons. The van der Waals surface area contributed by atoms with Gasteiger partial charge in [0.15, 0.2) is 0 Å². The van der Waals surface area contributed by atoms with E-state index in [0.29, 0.717) is 6.04 Å². The van der Waals surface area contributed by atoms with E-state index in [-0.39, 0.29) is 5.54 Å². The van der Waals surface area contributed by atoms with E-state index in [0.717, 1.165) is 26.1 Å². The number of rotatable bonds is 4. The quantitative estimate of drug-likeness (QED) is 0.917. The van der Waals surface area contributed by atoms with Gasteiger partial charge in [-0.2, -0.15) is 0 Å². The van der Waals surface area contributed by atoms with E-state index in [1.165, 1.54) is 11.1 Å². The molecule has 0 aliphatic carbocycles. The minimum atomic E-state index is 0.223. The summed E-state index contributed by atoms with van der Waals surface area (Å²) in [6.45, 7) is 7.79. The van der Waals surface area contributed by atoms with Crippen LogP contribution in [-0.2, 0) is 6.54 Å². The van der Waals surface area contributed by atoms with Gasteiger partial charge in [-0.25, -0.2) is 0 Å². The lowest BCUT2D eigenvalue weighted by molar-refractivity contribution is 0.0413. The summed E-state index contributed by atoms with van der Waals surface area (Å²) in [6, 6.07) is 22.1. The Morgan fingerprint density at radius 2 is 1.68 bits per heavy atom. The summed E-state index contributed by atoms with van der Waals surface area (Å²) in [5.74, 6) is 0. The van der Waals surface area contributed by atoms with E-state index in [2.05, 4.69) is 84.7 Å². The fourth-order valence-corrected chi connectivity index (χ4v) is 3.28. The molecule has 1 aliphatic rings. The molecule has 0 spiro atoms. The maximum absolute atomic E-state index is 3.75. The van der Waals surface area contributed by atoms with Crippen LogP contribution in [-0.4, -0.2) is 23.5 Å². The molecule has 22 heavy (non-hydrogen) atoms. The van der Waals surface area contributed by atoms with Crippen LogP contribution in [0.1, 0.15) is 37.4 Å². The van der Waals surface area contributed by atoms with Crippen LogP contribution in [0.4, 0.5) is 0 Å². The van der Waals surface area contributed by atoms with Gasteiger partial charge in [0.05, 0.1) is 0 Å². The lowest BCUT2D eigenvalue weighted by atomic mass is 9.89. The van der Waals surface area contributed by atoms with Crippen LogP contribution in [0.15, 0.2) is 60.7 Å². The molecule has 0 aromatic heterocycles. The Hall–Kier alpha value is -1.64. The molecule has 2 unspecified atom stereocenters. The zero-order chi connectivity index (χ0) is 15.4. The molecule has 2 aromatic carbocycles. The summed E-state index contributed by atoms with van der Waals surface area (Å²) < 4.78 is 0. The molecule has 2 heteroatoms. The van der Waals surface area contributed by atoms with E-state index in [4.69, 9.17) is 0 Å². The van der Waals surface area contributed by atoms with Crippen LogP contribution < -0.4 is 5.32 Å². The number of hydrogen-bond acceptors (Lipinski definition) is 2. The van der Waals surface area contributed by atoms with Gasteiger partial charge in [0.2, 0.25) is 0 Å². The number of piperazine rings is 1. The summed E-state index contributed by atoms with van der Waals surface area (Å²) in [4.78, 5) is 2.65. The molecule has 0 bridgehead atoms. The van der Waals surface area contributed by atoms with Gasteiger partial charge in [-0.1, -0.05) is 67.6 Å². The van der Waals surface area contributed by atoms with Crippen molar-refractivity contribution < 1.29 is 0 Å². The summed E-state index contributed by atoms with van der Waals surface area (Å²) in [5.41, 5.74) is 3.01. The number of hydrogen-bond donors (Lipinski definition) is 1. The van der Waals surface area contributed by atoms with Gasteiger partial charge in [0.25, 0.3) is 0 Å². The molecule has 1 N–H and O–H groups in total. The van der Waals surface area contributed by atoms with Crippen LogP contribution in [0.2, 0.25) is 0 Å². The predicted octanol–water partition coefficient (Wildman–Crippen LogP) is 4.00. The SMILES string of the molecule is CCC1(C)CNC(c2ccccc2)CN1Cc1ccccc1. The highest BCUT2D eigenvalue weighted by Crippen LogP contribution is 2.29. The van der Waals surface area contributed by atoms with Crippen molar-refractivity contribution in [2.75, 3.05) is 13.1 Å². The molecule has 2 atom stereocenters. The fraction of sp³-hybridized carbons (Fsp3) is 0.400. The smallest absolute Gasteiger partial charge is 0.0450 e. The first-order chi connectivity index (χ1) is 10.7. The summed E-state index contributed by atoms with van der Waals surface area (Å²) in [7, 11) is 0. The molecule has 1 fully saturated rings. The van der Waals surface area contributed by atoms with Crippen molar-refractivity contribution >= 4 is 0 Å². The standard InChI is InChI=1S/C20H26N2/c1-3-20(2)16-21-19(18-12-8-5-9-13-18)15-22(20)14-17-10-6-4-7-11-17/h4-13,19,21H,3,14-16H2,1-2H3. The number of benzene rings is 2. The van der Waals surface area contributed by atoms with Crippen molar-refractivity contribution in [3.05, 3.63) is 71.8 Å². The van der Waals surface area contributed by atoms with Gasteiger partial charge in [0, 0.05) is 31.2 Å². The fourth-order valence-electron chi connectivity index (χ4n) is 3.28. The van der Waals surface area contributed by atoms with Crippen molar-refractivity contribution in [3.63, 3.8) is 0 Å². The average Bonchev–Trinajstić information content (AvgIpc) is 2.59. The van der Waals surface area contributed by atoms with Crippen LogP contribution in [0.25, 0.3) is 0 Å². The third kappa shape index (κ3) is 3.23. The molecule has 0 amide bonds. The molecular formula is C20H26N2. The van der Waals surface area contributed by atoms with Crippen molar-refractivity contribution in [1.82, 2.24) is 10.2 Å². The van der Waals surface area contributed by atoms with E-state index in [1.54, 1.807) is 0 Å². The van der Waals surface area contributed by atoms with Gasteiger partial charge in [-0.15, -0.1) is 0 Å². The molecule has 2 aromatic rings. The summed E-state index contributed by atoms with van der Waals surface area (Å²) >= 11 is 0. The van der Waals surface area contributed by atoms with Crippen LogP contribution in [0.5, 0.6) is 0 Å². The van der Waals surface area contributed by atoms with Gasteiger partial charge >= 0.3 is 0 Å². The summed E-state index contributed by atoms with van der Waals surface area (Å²) in [5, 5.41) is 3.75. The van der Waals surface area contributed by atoms with Gasteiger partial charge < -0.3 is 5.32 Å². The molecule has 2 nitrogen and oxygen atoms in total. The lowest BCUT2D eigenvalue weighted by Gasteiger charge is -2.48. The molecule has 1 saturated heterocycles. The van der Waals surface area contributed by atoms with Crippen molar-refractivity contribution in [2.45, 2.75) is 38.4 Å². The minimum Gasteiger partial charge on any atom is -0.307 e. The first-order valence-corrected chi connectivity index (χ1v) is 8.28. The second kappa shape index (κ2) is 6.64. The van der Waals surface area contributed by atoms with Crippen LogP contribution in [0, 0.1) is 0 Å². The Bertz CT molecular complexity index is 581. The molecule has 0 saturated carbocycles. The third-order valence-electron chi connectivity index (χ3n) is 5.08. The largest absolute Gasteiger partial charge is 0.307 e. The monoisotopic (exact) mass is 294 g/mol. The van der Waals surface area contributed by atoms with Gasteiger partial charge in [-0.05, 0) is 24.5 Å². The first kappa shape index (κ1) is 15.3. The average molecular weight is 294 g/mol. The second-order valence-corrected chi connectivity index (χ2v) is 6.56. The highest BCUT2D eigenvalue weighted by molar-refractivity contribution is 5.21. The highest BCUT2D eigenvalue weighted by atomic mass is 15.3. The highest BCUT2D eigenvalue weighted by Gasteiger charge is 2.36.